The topological polar surface area (TPSA) is 36.9 Å². The van der Waals surface area contributed by atoms with Crippen LogP contribution in [0.1, 0.15) is 105 Å². The van der Waals surface area contributed by atoms with E-state index in [2.05, 4.69) is 73.6 Å². The molecule has 1 aliphatic rings. The van der Waals surface area contributed by atoms with Gasteiger partial charge in [-0.2, -0.15) is 0 Å². The molecule has 0 amide bonds. The van der Waals surface area contributed by atoms with Crippen LogP contribution in [0.25, 0.3) is 0 Å². The molecule has 0 atom stereocenters. The Kier molecular flexibility index (Phi) is 15.3. The fraction of sp³-hybridized carbons (Fsp3) is 0.714. The highest BCUT2D eigenvalue weighted by Crippen LogP contribution is 2.30. The number of hydrogen-bond acceptors (Lipinski definition) is 4. The van der Waals surface area contributed by atoms with Crippen molar-refractivity contribution >= 4 is 34.2 Å². The van der Waals surface area contributed by atoms with Gasteiger partial charge in [0, 0.05) is 25.7 Å². The van der Waals surface area contributed by atoms with E-state index in [0.29, 0.717) is 0 Å². The highest BCUT2D eigenvalue weighted by Gasteiger charge is 2.57. The first-order valence-corrected chi connectivity index (χ1v) is 23.1. The molecule has 1 fully saturated rings. The summed E-state index contributed by atoms with van der Waals surface area (Å²) in [4.78, 5) is 0. The van der Waals surface area contributed by atoms with Crippen LogP contribution in [-0.2, 0) is 16.5 Å². The SMILES string of the molecule is CCCCC#C[Si]1(C)O[Si](C)(C#CCCCC)O[Si](C)(C#CCCCC)O[Si](C)(C#CCCCC)O1. The smallest absolute Gasteiger partial charge is 0.397 e. The highest BCUT2D eigenvalue weighted by atomic mass is 28.5. The van der Waals surface area contributed by atoms with E-state index in [1.807, 2.05) is 26.2 Å². The van der Waals surface area contributed by atoms with Crippen molar-refractivity contribution in [2.75, 3.05) is 0 Å². The summed E-state index contributed by atoms with van der Waals surface area (Å²) >= 11 is 0. The Balaban J connectivity index is 3.53. The second-order valence-corrected chi connectivity index (χ2v) is 21.6. The number of hydrogen-bond donors (Lipinski definition) is 0. The molecule has 0 aromatic heterocycles. The lowest BCUT2D eigenvalue weighted by molar-refractivity contribution is 0.256. The lowest BCUT2D eigenvalue weighted by Gasteiger charge is -2.43. The van der Waals surface area contributed by atoms with E-state index < -0.39 is 34.2 Å². The van der Waals surface area contributed by atoms with Crippen LogP contribution in [0.3, 0.4) is 0 Å². The third-order valence-electron chi connectivity index (χ3n) is 5.44. The largest absolute Gasteiger partial charge is 0.404 e. The van der Waals surface area contributed by atoms with Crippen LogP contribution in [-0.4, -0.2) is 34.2 Å². The van der Waals surface area contributed by atoms with Gasteiger partial charge in [-0.1, -0.05) is 75.6 Å². The molecule has 0 aromatic rings. The van der Waals surface area contributed by atoms with E-state index in [9.17, 15) is 0 Å². The van der Waals surface area contributed by atoms with E-state index in [4.69, 9.17) is 16.5 Å². The Hall–Kier alpha value is -1.05. The molecule has 0 spiro atoms. The molecule has 0 unspecified atom stereocenters. The first-order valence-electron chi connectivity index (χ1n) is 13.9. The lowest BCUT2D eigenvalue weighted by Crippen LogP contribution is -2.66. The zero-order valence-corrected chi connectivity index (χ0v) is 28.1. The maximum atomic E-state index is 6.81. The van der Waals surface area contributed by atoms with Gasteiger partial charge in [0.05, 0.1) is 0 Å². The van der Waals surface area contributed by atoms with Gasteiger partial charge >= 0.3 is 34.2 Å². The third kappa shape index (κ3) is 13.0. The standard InChI is InChI=1S/C28H48O4Si4/c1-9-13-17-21-25-33(5)29-34(6,26-22-18-14-10-2)31-36(8,28-24-20-16-12-4)32-35(7,30-33)27-23-19-15-11-3/h9-20H2,1-8H3. The first-order chi connectivity index (χ1) is 17.1. The van der Waals surface area contributed by atoms with Crippen LogP contribution in [0, 0.1) is 45.9 Å². The Morgan fingerprint density at radius 2 is 0.583 bits per heavy atom. The Morgan fingerprint density at radius 3 is 0.750 bits per heavy atom. The summed E-state index contributed by atoms with van der Waals surface area (Å²) in [6.45, 7) is 16.7. The summed E-state index contributed by atoms with van der Waals surface area (Å²) in [6.07, 6.45) is 11.9. The molecule has 1 heterocycles. The molecular formula is C28H48O4Si4. The zero-order valence-electron chi connectivity index (χ0n) is 24.1. The minimum Gasteiger partial charge on any atom is -0.397 e. The van der Waals surface area contributed by atoms with E-state index >= 15 is 0 Å². The average Bonchev–Trinajstić information content (AvgIpc) is 2.79. The van der Waals surface area contributed by atoms with E-state index in [0.717, 1.165) is 77.0 Å². The number of rotatable bonds is 8. The van der Waals surface area contributed by atoms with Crippen molar-refractivity contribution in [2.24, 2.45) is 0 Å². The third-order valence-corrected chi connectivity index (χ3v) is 20.4. The van der Waals surface area contributed by atoms with Gasteiger partial charge in [0.2, 0.25) is 0 Å². The van der Waals surface area contributed by atoms with Gasteiger partial charge in [0.15, 0.2) is 0 Å². The summed E-state index contributed by atoms with van der Waals surface area (Å²) in [6, 6.07) is 0. The van der Waals surface area contributed by atoms with Crippen molar-refractivity contribution in [3.05, 3.63) is 0 Å². The van der Waals surface area contributed by atoms with E-state index in [-0.39, 0.29) is 0 Å². The monoisotopic (exact) mass is 560 g/mol. The molecule has 0 radical (unpaired) electrons. The van der Waals surface area contributed by atoms with Crippen LogP contribution >= 0.6 is 0 Å². The van der Waals surface area contributed by atoms with Gasteiger partial charge in [-0.3, -0.25) is 0 Å². The molecular weight excluding hydrogens is 513 g/mol. The normalized spacial score (nSPS) is 29.6. The molecule has 0 aliphatic carbocycles. The molecule has 0 bridgehead atoms. The summed E-state index contributed by atoms with van der Waals surface area (Å²) in [7, 11) is -12.0. The lowest BCUT2D eigenvalue weighted by atomic mass is 10.3. The van der Waals surface area contributed by atoms with Crippen LogP contribution in [0.15, 0.2) is 0 Å². The molecule has 4 nitrogen and oxygen atoms in total. The van der Waals surface area contributed by atoms with Gasteiger partial charge in [-0.05, 0) is 51.9 Å². The molecule has 0 aromatic carbocycles. The molecule has 36 heavy (non-hydrogen) atoms. The summed E-state index contributed by atoms with van der Waals surface area (Å²) in [5.41, 5.74) is 13.6. The summed E-state index contributed by atoms with van der Waals surface area (Å²) in [5.74, 6) is 13.3. The van der Waals surface area contributed by atoms with Gasteiger partial charge in [-0.25, -0.2) is 0 Å². The molecule has 0 N–H and O–H groups in total. The first kappa shape index (κ1) is 33.0. The van der Waals surface area contributed by atoms with E-state index in [1.165, 1.54) is 0 Å². The van der Waals surface area contributed by atoms with Gasteiger partial charge in [0.1, 0.15) is 0 Å². The Morgan fingerprint density at radius 1 is 0.389 bits per heavy atom. The fourth-order valence-electron chi connectivity index (χ4n) is 3.73. The molecule has 1 rings (SSSR count). The van der Waals surface area contributed by atoms with Crippen molar-refractivity contribution in [3.8, 4) is 45.9 Å². The number of unbranched alkanes of at least 4 members (excludes halogenated alkanes) is 8. The predicted molar refractivity (Wildman–Crippen MR) is 160 cm³/mol. The highest BCUT2D eigenvalue weighted by molar-refractivity contribution is 7.01. The van der Waals surface area contributed by atoms with Crippen molar-refractivity contribution in [1.82, 2.24) is 0 Å². The second kappa shape index (κ2) is 16.7. The van der Waals surface area contributed by atoms with Crippen molar-refractivity contribution in [1.29, 1.82) is 0 Å². The van der Waals surface area contributed by atoms with Gasteiger partial charge in [0.25, 0.3) is 0 Å². The zero-order chi connectivity index (χ0) is 27.0. The maximum Gasteiger partial charge on any atom is 0.404 e. The molecule has 200 valence electrons. The Labute approximate surface area is 227 Å². The molecule has 1 saturated heterocycles. The molecule has 8 heteroatoms. The minimum absolute atomic E-state index is 0.823. The fourth-order valence-corrected chi connectivity index (χ4v) is 21.2. The summed E-state index contributed by atoms with van der Waals surface area (Å²) < 4.78 is 27.3. The van der Waals surface area contributed by atoms with E-state index in [1.54, 1.807) is 0 Å². The quantitative estimate of drug-likeness (QED) is 0.177. The van der Waals surface area contributed by atoms with Crippen LogP contribution < -0.4 is 0 Å². The molecule has 1 aliphatic heterocycles. The average molecular weight is 561 g/mol. The second-order valence-electron chi connectivity index (χ2n) is 9.81. The van der Waals surface area contributed by atoms with Crippen LogP contribution in [0.4, 0.5) is 0 Å². The van der Waals surface area contributed by atoms with Crippen LogP contribution in [0.2, 0.25) is 26.2 Å². The maximum absolute atomic E-state index is 6.81. The van der Waals surface area contributed by atoms with Gasteiger partial charge in [-0.15, -0.1) is 23.7 Å². The van der Waals surface area contributed by atoms with Crippen molar-refractivity contribution in [3.63, 3.8) is 0 Å². The summed E-state index contributed by atoms with van der Waals surface area (Å²) in [5, 5.41) is 0. The van der Waals surface area contributed by atoms with Gasteiger partial charge < -0.3 is 16.5 Å². The van der Waals surface area contributed by atoms with Crippen molar-refractivity contribution < 1.29 is 16.5 Å². The van der Waals surface area contributed by atoms with Crippen molar-refractivity contribution in [2.45, 2.75) is 131 Å². The van der Waals surface area contributed by atoms with Crippen LogP contribution in [0.5, 0.6) is 0 Å². The molecule has 0 saturated carbocycles. The Bertz CT molecular complexity index is 760. The minimum atomic E-state index is -3.00. The predicted octanol–water partition coefficient (Wildman–Crippen LogP) is 7.29.